The van der Waals surface area contributed by atoms with Crippen molar-refractivity contribution in [3.63, 3.8) is 0 Å². The van der Waals surface area contributed by atoms with Crippen molar-refractivity contribution >= 4 is 5.69 Å². The molecule has 0 unspecified atom stereocenters. The molecule has 1 aromatic carbocycles. The third-order valence-electron chi connectivity index (χ3n) is 2.56. The molecule has 2 nitrogen and oxygen atoms in total. The lowest BCUT2D eigenvalue weighted by Gasteiger charge is -2.11. The Morgan fingerprint density at radius 1 is 1.06 bits per heavy atom. The molecule has 0 heterocycles. The fraction of sp³-hybridized carbons (Fsp3) is 0.571. The average Bonchev–Trinajstić information content (AvgIpc) is 2.26. The Kier molecular flexibility index (Phi) is 5.94. The van der Waals surface area contributed by atoms with Gasteiger partial charge in [-0.2, -0.15) is 0 Å². The van der Waals surface area contributed by atoms with Gasteiger partial charge in [0.1, 0.15) is 0 Å². The minimum Gasteiger partial charge on any atom is -0.385 e. The van der Waals surface area contributed by atoms with E-state index in [1.165, 1.54) is 30.5 Å². The van der Waals surface area contributed by atoms with E-state index in [2.05, 4.69) is 55.5 Å². The van der Waals surface area contributed by atoms with E-state index in [1.807, 2.05) is 0 Å². The molecule has 1 aromatic rings. The predicted molar refractivity (Wildman–Crippen MR) is 71.8 cm³/mol. The highest BCUT2D eigenvalue weighted by molar-refractivity contribution is 5.44. The van der Waals surface area contributed by atoms with Crippen molar-refractivity contribution in [3.05, 3.63) is 29.8 Å². The third-order valence-corrected chi connectivity index (χ3v) is 2.56. The van der Waals surface area contributed by atoms with E-state index < -0.39 is 0 Å². The minimum absolute atomic E-state index is 1.01. The molecule has 0 aliphatic rings. The molecule has 2 heteroatoms. The lowest BCUT2D eigenvalue weighted by atomic mass is 10.2. The van der Waals surface area contributed by atoms with Crippen molar-refractivity contribution in [2.75, 3.05) is 26.0 Å². The molecule has 0 atom stereocenters. The highest BCUT2D eigenvalue weighted by Crippen LogP contribution is 2.10. The molecular formula is C14H24N2. The summed E-state index contributed by atoms with van der Waals surface area (Å²) in [6, 6.07) is 8.74. The van der Waals surface area contributed by atoms with Gasteiger partial charge in [0.25, 0.3) is 0 Å². The van der Waals surface area contributed by atoms with Crippen molar-refractivity contribution in [2.24, 2.45) is 0 Å². The van der Waals surface area contributed by atoms with Gasteiger partial charge in [0.15, 0.2) is 0 Å². The molecule has 0 amide bonds. The summed E-state index contributed by atoms with van der Waals surface area (Å²) in [4.78, 5) is 2.18. The highest BCUT2D eigenvalue weighted by Gasteiger charge is 1.95. The van der Waals surface area contributed by atoms with Crippen LogP contribution in [0, 0.1) is 0 Å². The van der Waals surface area contributed by atoms with Crippen molar-refractivity contribution in [1.29, 1.82) is 0 Å². The Morgan fingerprint density at radius 2 is 1.75 bits per heavy atom. The molecule has 0 saturated carbocycles. The van der Waals surface area contributed by atoms with E-state index in [4.69, 9.17) is 0 Å². The summed E-state index contributed by atoms with van der Waals surface area (Å²) in [5, 5.41) is 3.45. The quantitative estimate of drug-likeness (QED) is 0.709. The van der Waals surface area contributed by atoms with Gasteiger partial charge in [0.2, 0.25) is 0 Å². The van der Waals surface area contributed by atoms with Gasteiger partial charge < -0.3 is 10.2 Å². The molecule has 16 heavy (non-hydrogen) atoms. The topological polar surface area (TPSA) is 15.3 Å². The number of anilines is 1. The largest absolute Gasteiger partial charge is 0.385 e. The molecule has 0 fully saturated rings. The van der Waals surface area contributed by atoms with Gasteiger partial charge in [-0.25, -0.2) is 0 Å². The molecule has 1 N–H and O–H groups in total. The Labute approximate surface area is 99.7 Å². The summed E-state index contributed by atoms with van der Waals surface area (Å²) in [5.41, 5.74) is 2.60. The van der Waals surface area contributed by atoms with E-state index in [-0.39, 0.29) is 0 Å². The summed E-state index contributed by atoms with van der Waals surface area (Å²) in [6.45, 7) is 4.33. The van der Waals surface area contributed by atoms with Crippen LogP contribution in [0.5, 0.6) is 0 Å². The molecule has 0 aromatic heterocycles. The number of rotatable bonds is 7. The first-order valence-electron chi connectivity index (χ1n) is 6.20. The van der Waals surface area contributed by atoms with Crippen LogP contribution in [0.1, 0.15) is 31.7 Å². The molecule has 1 rings (SSSR count). The highest BCUT2D eigenvalue weighted by atomic mass is 15.0. The Hall–Kier alpha value is -1.02. The summed E-state index contributed by atoms with van der Waals surface area (Å²) in [5.74, 6) is 0. The second-order valence-corrected chi connectivity index (χ2v) is 4.57. The Morgan fingerprint density at radius 3 is 2.31 bits per heavy atom. The smallest absolute Gasteiger partial charge is 0.0340 e. The summed E-state index contributed by atoms with van der Waals surface area (Å²) < 4.78 is 0. The van der Waals surface area contributed by atoms with E-state index >= 15 is 0 Å². The van der Waals surface area contributed by atoms with Crippen LogP contribution in [-0.4, -0.2) is 25.5 Å². The van der Waals surface area contributed by atoms with Crippen LogP contribution in [0.4, 0.5) is 5.69 Å². The third kappa shape index (κ3) is 5.17. The molecule has 0 radical (unpaired) electrons. The van der Waals surface area contributed by atoms with Crippen molar-refractivity contribution in [1.82, 2.24) is 4.90 Å². The maximum Gasteiger partial charge on any atom is 0.0340 e. The zero-order valence-corrected chi connectivity index (χ0v) is 10.8. The van der Waals surface area contributed by atoms with E-state index in [1.54, 1.807) is 0 Å². The van der Waals surface area contributed by atoms with Gasteiger partial charge >= 0.3 is 0 Å². The maximum absolute atomic E-state index is 3.45. The van der Waals surface area contributed by atoms with Crippen LogP contribution < -0.4 is 5.32 Å². The van der Waals surface area contributed by atoms with Crippen molar-refractivity contribution in [2.45, 2.75) is 32.7 Å². The number of nitrogens with zero attached hydrogens (tertiary/aromatic N) is 1. The summed E-state index contributed by atoms with van der Waals surface area (Å²) >= 11 is 0. The Bertz CT molecular complexity index is 277. The van der Waals surface area contributed by atoms with E-state index in [0.717, 1.165) is 13.1 Å². The molecule has 0 aliphatic heterocycles. The van der Waals surface area contributed by atoms with Crippen LogP contribution in [-0.2, 0) is 6.54 Å². The molecule has 0 saturated heterocycles. The SMILES string of the molecule is CCCCCNc1ccc(CN(C)C)cc1. The average molecular weight is 220 g/mol. The van der Waals surface area contributed by atoms with Crippen molar-refractivity contribution in [3.8, 4) is 0 Å². The minimum atomic E-state index is 1.01. The standard InChI is InChI=1S/C14H24N2/c1-4-5-6-11-15-14-9-7-13(8-10-14)12-16(2)3/h7-10,15H,4-6,11-12H2,1-3H3. The van der Waals surface area contributed by atoms with Crippen molar-refractivity contribution < 1.29 is 0 Å². The van der Waals surface area contributed by atoms with Crippen LogP contribution >= 0.6 is 0 Å². The number of benzene rings is 1. The van der Waals surface area contributed by atoms with Crippen LogP contribution in [0.15, 0.2) is 24.3 Å². The van der Waals surface area contributed by atoms with Crippen LogP contribution in [0.3, 0.4) is 0 Å². The first-order valence-corrected chi connectivity index (χ1v) is 6.20. The first-order chi connectivity index (χ1) is 7.72. The van der Waals surface area contributed by atoms with Gasteiger partial charge in [-0.3, -0.25) is 0 Å². The number of unbranched alkanes of at least 4 members (excludes halogenated alkanes) is 2. The maximum atomic E-state index is 3.45. The molecule has 0 aliphatic carbocycles. The van der Waals surface area contributed by atoms with E-state index in [9.17, 15) is 0 Å². The molecular weight excluding hydrogens is 196 g/mol. The Balaban J connectivity index is 2.33. The molecule has 0 spiro atoms. The first kappa shape index (κ1) is 13.0. The monoisotopic (exact) mass is 220 g/mol. The zero-order chi connectivity index (χ0) is 11.8. The lowest BCUT2D eigenvalue weighted by molar-refractivity contribution is 0.402. The number of hydrogen-bond donors (Lipinski definition) is 1. The fourth-order valence-corrected chi connectivity index (χ4v) is 1.70. The number of hydrogen-bond acceptors (Lipinski definition) is 2. The van der Waals surface area contributed by atoms with Crippen LogP contribution in [0.25, 0.3) is 0 Å². The van der Waals surface area contributed by atoms with Crippen LogP contribution in [0.2, 0.25) is 0 Å². The van der Waals surface area contributed by atoms with E-state index in [0.29, 0.717) is 0 Å². The predicted octanol–water partition coefficient (Wildman–Crippen LogP) is 3.35. The second kappa shape index (κ2) is 7.29. The molecule has 90 valence electrons. The second-order valence-electron chi connectivity index (χ2n) is 4.57. The van der Waals surface area contributed by atoms with Gasteiger partial charge in [0, 0.05) is 18.8 Å². The lowest BCUT2D eigenvalue weighted by Crippen LogP contribution is -2.10. The van der Waals surface area contributed by atoms with Gasteiger partial charge in [-0.1, -0.05) is 31.9 Å². The zero-order valence-electron chi connectivity index (χ0n) is 10.8. The summed E-state index contributed by atoms with van der Waals surface area (Å²) in [6.07, 6.45) is 3.85. The fourth-order valence-electron chi connectivity index (χ4n) is 1.70. The van der Waals surface area contributed by atoms with Gasteiger partial charge in [-0.15, -0.1) is 0 Å². The number of nitrogens with one attached hydrogen (secondary N) is 1. The van der Waals surface area contributed by atoms with Gasteiger partial charge in [0.05, 0.1) is 0 Å². The normalized spacial score (nSPS) is 10.8. The molecule has 0 bridgehead atoms. The van der Waals surface area contributed by atoms with Gasteiger partial charge in [-0.05, 0) is 38.2 Å². The summed E-state index contributed by atoms with van der Waals surface area (Å²) in [7, 11) is 4.19.